The first-order valence-electron chi connectivity index (χ1n) is 10.1. The number of nitrogens with zero attached hydrogens (tertiary/aromatic N) is 6. The van der Waals surface area contributed by atoms with Gasteiger partial charge in [-0.1, -0.05) is 12.6 Å². The van der Waals surface area contributed by atoms with E-state index in [4.69, 9.17) is 10.8 Å². The largest absolute Gasteiger partial charge is 0.383 e. The maximum Gasteiger partial charge on any atom is 0.246 e. The summed E-state index contributed by atoms with van der Waals surface area (Å²) in [6.45, 7) is 4.90. The van der Waals surface area contributed by atoms with Crippen molar-refractivity contribution in [2.75, 3.05) is 18.8 Å². The van der Waals surface area contributed by atoms with E-state index in [1.54, 1.807) is 17.5 Å². The number of carbonyl (C=O) groups excluding carboxylic acids is 1. The molecule has 1 aliphatic heterocycles. The molecule has 1 amide bonds. The average molecular weight is 432 g/mol. The number of hydrogen-bond donors (Lipinski definition) is 1. The lowest BCUT2D eigenvalue weighted by atomic mass is 10.1. The summed E-state index contributed by atoms with van der Waals surface area (Å²) in [4.78, 5) is 29.0. The molecule has 0 spiro atoms. The van der Waals surface area contributed by atoms with Crippen molar-refractivity contribution >= 4 is 34.1 Å². The number of nitrogens with two attached hydrogens (primary N) is 1. The Kier molecular flexibility index (Phi) is 4.95. The van der Waals surface area contributed by atoms with Crippen LogP contribution < -0.4 is 5.73 Å². The third-order valence-corrected chi connectivity index (χ3v) is 6.67. The standard InChI is InChI=1S/C22H21N7OS/c1-2-18(30)28-10-4-6-15(12-28)29-22-19(21(23)25-13-26-22)20(27-29)17-8-7-16(31-17)14-5-3-9-24-11-14/h2-3,5,7-9,11,13,15H,1,4,6,10,12H2,(H2,23,25,26). The fourth-order valence-corrected chi connectivity index (χ4v) is 5.02. The molecule has 4 aromatic heterocycles. The predicted molar refractivity (Wildman–Crippen MR) is 121 cm³/mol. The van der Waals surface area contributed by atoms with Crippen LogP contribution in [0.1, 0.15) is 18.9 Å². The number of hydrogen-bond acceptors (Lipinski definition) is 7. The highest BCUT2D eigenvalue weighted by Crippen LogP contribution is 2.39. The first-order valence-corrected chi connectivity index (χ1v) is 10.9. The van der Waals surface area contributed by atoms with E-state index in [9.17, 15) is 4.79 Å². The lowest BCUT2D eigenvalue weighted by molar-refractivity contribution is -0.127. The van der Waals surface area contributed by atoms with Crippen molar-refractivity contribution in [3.05, 3.63) is 55.6 Å². The van der Waals surface area contributed by atoms with Crippen LogP contribution in [0.25, 0.3) is 32.0 Å². The van der Waals surface area contributed by atoms with Crippen LogP contribution in [-0.4, -0.2) is 48.6 Å². The van der Waals surface area contributed by atoms with Gasteiger partial charge in [0, 0.05) is 35.9 Å². The van der Waals surface area contributed by atoms with Gasteiger partial charge >= 0.3 is 0 Å². The summed E-state index contributed by atoms with van der Waals surface area (Å²) in [7, 11) is 0. The molecule has 1 atom stereocenters. The number of rotatable bonds is 4. The van der Waals surface area contributed by atoms with Gasteiger partial charge in [0.25, 0.3) is 0 Å². The Hall–Kier alpha value is -3.59. The van der Waals surface area contributed by atoms with Crippen LogP contribution in [-0.2, 0) is 4.79 Å². The van der Waals surface area contributed by atoms with Crippen molar-refractivity contribution in [2.45, 2.75) is 18.9 Å². The van der Waals surface area contributed by atoms with E-state index in [1.165, 1.54) is 12.4 Å². The number of fused-ring (bicyclic) bond motifs is 1. The van der Waals surface area contributed by atoms with Gasteiger partial charge in [0.1, 0.15) is 17.8 Å². The van der Waals surface area contributed by atoms with Crippen LogP contribution in [0.2, 0.25) is 0 Å². The molecule has 2 N–H and O–H groups in total. The zero-order valence-electron chi connectivity index (χ0n) is 16.8. The minimum atomic E-state index is -0.0603. The summed E-state index contributed by atoms with van der Waals surface area (Å²) in [5, 5.41) is 5.68. The number of aromatic nitrogens is 5. The van der Waals surface area contributed by atoms with Gasteiger partial charge in [-0.05, 0) is 37.1 Å². The molecule has 5 heterocycles. The maximum absolute atomic E-state index is 12.2. The van der Waals surface area contributed by atoms with Gasteiger partial charge in [-0.25, -0.2) is 14.6 Å². The fourth-order valence-electron chi connectivity index (χ4n) is 4.03. The van der Waals surface area contributed by atoms with Crippen molar-refractivity contribution in [1.82, 2.24) is 29.6 Å². The van der Waals surface area contributed by atoms with E-state index in [0.29, 0.717) is 18.0 Å². The first-order chi connectivity index (χ1) is 15.2. The van der Waals surface area contributed by atoms with Gasteiger partial charge in [0.05, 0.1) is 16.3 Å². The lowest BCUT2D eigenvalue weighted by Crippen LogP contribution is -2.40. The van der Waals surface area contributed by atoms with Crippen molar-refractivity contribution in [2.24, 2.45) is 0 Å². The highest BCUT2D eigenvalue weighted by Gasteiger charge is 2.28. The number of likely N-dealkylation sites (tertiary alicyclic amines) is 1. The molecule has 0 saturated carbocycles. The van der Waals surface area contributed by atoms with E-state index >= 15 is 0 Å². The fraction of sp³-hybridized carbons (Fsp3) is 0.227. The van der Waals surface area contributed by atoms with Gasteiger partial charge in [-0.15, -0.1) is 11.3 Å². The summed E-state index contributed by atoms with van der Waals surface area (Å²) < 4.78 is 1.91. The molecular weight excluding hydrogens is 410 g/mol. The quantitative estimate of drug-likeness (QED) is 0.496. The Labute approximate surface area is 183 Å². The summed E-state index contributed by atoms with van der Waals surface area (Å²) in [6.07, 6.45) is 8.23. The summed E-state index contributed by atoms with van der Waals surface area (Å²) in [6, 6.07) is 8.07. The smallest absolute Gasteiger partial charge is 0.246 e. The number of piperidine rings is 1. The SMILES string of the molecule is C=CC(=O)N1CCCC(n2nc(-c3ccc(-c4cccnc4)s3)c3c(N)ncnc32)C1. The van der Waals surface area contributed by atoms with Crippen molar-refractivity contribution in [3.8, 4) is 21.0 Å². The van der Waals surface area contributed by atoms with E-state index in [-0.39, 0.29) is 11.9 Å². The Morgan fingerprint density at radius 2 is 2.13 bits per heavy atom. The lowest BCUT2D eigenvalue weighted by Gasteiger charge is -2.32. The van der Waals surface area contributed by atoms with Crippen molar-refractivity contribution in [1.29, 1.82) is 0 Å². The number of thiophene rings is 1. The molecule has 1 fully saturated rings. The summed E-state index contributed by atoms with van der Waals surface area (Å²) >= 11 is 1.63. The van der Waals surface area contributed by atoms with Crippen LogP contribution in [0.3, 0.4) is 0 Å². The zero-order valence-corrected chi connectivity index (χ0v) is 17.6. The molecule has 0 aromatic carbocycles. The summed E-state index contributed by atoms with van der Waals surface area (Å²) in [5.41, 5.74) is 8.77. The predicted octanol–water partition coefficient (Wildman–Crippen LogP) is 3.55. The van der Waals surface area contributed by atoms with Crippen LogP contribution in [0, 0.1) is 0 Å². The molecule has 1 saturated heterocycles. The average Bonchev–Trinajstić information content (AvgIpc) is 3.45. The molecule has 4 aromatic rings. The number of carbonyl (C=O) groups is 1. The van der Waals surface area contributed by atoms with Gasteiger partial charge in [-0.3, -0.25) is 9.78 Å². The van der Waals surface area contributed by atoms with Gasteiger partial charge < -0.3 is 10.6 Å². The summed E-state index contributed by atoms with van der Waals surface area (Å²) in [5.74, 6) is 0.340. The second kappa shape index (κ2) is 7.92. The molecule has 1 aliphatic rings. The third-order valence-electron chi connectivity index (χ3n) is 5.53. The Balaban J connectivity index is 1.58. The van der Waals surface area contributed by atoms with E-state index < -0.39 is 0 Å². The normalized spacial score (nSPS) is 16.5. The molecule has 0 aliphatic carbocycles. The number of nitrogen functional groups attached to an aromatic ring is 1. The molecule has 9 heteroatoms. The Morgan fingerprint density at radius 1 is 1.26 bits per heavy atom. The zero-order chi connectivity index (χ0) is 21.4. The molecule has 5 rings (SSSR count). The molecular formula is C22H21N7OS. The van der Waals surface area contributed by atoms with Crippen LogP contribution in [0.15, 0.2) is 55.6 Å². The van der Waals surface area contributed by atoms with Crippen LogP contribution in [0.5, 0.6) is 0 Å². The maximum atomic E-state index is 12.2. The van der Waals surface area contributed by atoms with Crippen LogP contribution in [0.4, 0.5) is 5.82 Å². The monoisotopic (exact) mass is 431 g/mol. The molecule has 0 radical (unpaired) electrons. The van der Waals surface area contributed by atoms with Crippen molar-refractivity contribution < 1.29 is 4.79 Å². The number of pyridine rings is 1. The molecule has 156 valence electrons. The number of anilines is 1. The first kappa shape index (κ1) is 19.4. The molecule has 0 bridgehead atoms. The number of amides is 1. The minimum Gasteiger partial charge on any atom is -0.383 e. The molecule has 31 heavy (non-hydrogen) atoms. The highest BCUT2D eigenvalue weighted by molar-refractivity contribution is 7.18. The minimum absolute atomic E-state index is 0.0148. The Morgan fingerprint density at radius 3 is 2.94 bits per heavy atom. The highest BCUT2D eigenvalue weighted by atomic mass is 32.1. The second-order valence-corrected chi connectivity index (χ2v) is 8.52. The van der Waals surface area contributed by atoms with Crippen molar-refractivity contribution in [3.63, 3.8) is 0 Å². The van der Waals surface area contributed by atoms with E-state index in [0.717, 1.165) is 45.8 Å². The third kappa shape index (κ3) is 3.46. The van der Waals surface area contributed by atoms with Crippen LogP contribution >= 0.6 is 11.3 Å². The van der Waals surface area contributed by atoms with Gasteiger partial charge in [-0.2, -0.15) is 5.10 Å². The second-order valence-electron chi connectivity index (χ2n) is 7.44. The van der Waals surface area contributed by atoms with Gasteiger partial charge in [0.2, 0.25) is 5.91 Å². The molecule has 8 nitrogen and oxygen atoms in total. The van der Waals surface area contributed by atoms with Gasteiger partial charge in [0.15, 0.2) is 5.65 Å². The van der Waals surface area contributed by atoms with E-state index in [1.807, 2.05) is 34.0 Å². The molecule has 1 unspecified atom stereocenters. The Bertz CT molecular complexity index is 1260. The van der Waals surface area contributed by atoms with E-state index in [2.05, 4.69) is 27.6 Å². The topological polar surface area (TPSA) is 103 Å².